The van der Waals surface area contributed by atoms with Gasteiger partial charge in [-0.3, -0.25) is 14.9 Å². The van der Waals surface area contributed by atoms with Crippen molar-refractivity contribution in [1.82, 2.24) is 5.43 Å². The molecule has 1 aromatic heterocycles. The number of nitro groups is 1. The molecule has 0 saturated heterocycles. The molecule has 9 heteroatoms. The summed E-state index contributed by atoms with van der Waals surface area (Å²) in [6, 6.07) is 10.7. The maximum Gasteiger partial charge on any atom is 0.281 e. The Balaban J connectivity index is 1.73. The molecule has 0 fully saturated rings. The van der Waals surface area contributed by atoms with E-state index in [0.29, 0.717) is 21.6 Å². The summed E-state index contributed by atoms with van der Waals surface area (Å²) in [5.74, 6) is -0.115. The zero-order valence-electron chi connectivity index (χ0n) is 13.5. The minimum Gasteiger partial charge on any atom is -0.504 e. The Labute approximate surface area is 151 Å². The van der Waals surface area contributed by atoms with Crippen LogP contribution >= 0.6 is 11.3 Å². The zero-order chi connectivity index (χ0) is 18.7. The van der Waals surface area contributed by atoms with E-state index in [1.165, 1.54) is 42.9 Å². The molecule has 3 aromatic rings. The molecule has 0 aliphatic rings. The van der Waals surface area contributed by atoms with Crippen LogP contribution in [0.5, 0.6) is 11.5 Å². The molecule has 26 heavy (non-hydrogen) atoms. The van der Waals surface area contributed by atoms with E-state index in [0.717, 1.165) is 4.70 Å². The maximum atomic E-state index is 12.2. The smallest absolute Gasteiger partial charge is 0.281 e. The fourth-order valence-electron chi connectivity index (χ4n) is 2.25. The highest BCUT2D eigenvalue weighted by atomic mass is 32.1. The van der Waals surface area contributed by atoms with Crippen LogP contribution in [0.1, 0.15) is 15.2 Å². The van der Waals surface area contributed by atoms with Gasteiger partial charge in [-0.05, 0) is 35.9 Å². The topological polar surface area (TPSA) is 114 Å². The molecule has 132 valence electrons. The van der Waals surface area contributed by atoms with E-state index in [-0.39, 0.29) is 11.4 Å². The number of carbonyl (C=O) groups excluding carboxylic acids is 1. The van der Waals surface area contributed by atoms with E-state index in [9.17, 15) is 20.0 Å². The van der Waals surface area contributed by atoms with Gasteiger partial charge in [0.05, 0.1) is 23.1 Å². The Morgan fingerprint density at radius 3 is 2.85 bits per heavy atom. The minimum atomic E-state index is -0.479. The van der Waals surface area contributed by atoms with Crippen molar-refractivity contribution in [1.29, 1.82) is 0 Å². The van der Waals surface area contributed by atoms with Crippen molar-refractivity contribution < 1.29 is 19.6 Å². The number of amides is 1. The summed E-state index contributed by atoms with van der Waals surface area (Å²) in [6.45, 7) is 0. The summed E-state index contributed by atoms with van der Waals surface area (Å²) in [4.78, 5) is 22.9. The van der Waals surface area contributed by atoms with Crippen LogP contribution < -0.4 is 10.2 Å². The van der Waals surface area contributed by atoms with Crippen LogP contribution in [-0.4, -0.2) is 29.3 Å². The molecular weight excluding hydrogens is 358 g/mol. The molecular formula is C17H13N3O5S. The first kappa shape index (κ1) is 17.4. The van der Waals surface area contributed by atoms with Gasteiger partial charge in [0, 0.05) is 22.2 Å². The van der Waals surface area contributed by atoms with Crippen LogP contribution in [0.4, 0.5) is 5.69 Å². The number of hydrogen-bond donors (Lipinski definition) is 2. The summed E-state index contributed by atoms with van der Waals surface area (Å²) in [7, 11) is 1.43. The summed E-state index contributed by atoms with van der Waals surface area (Å²) < 4.78 is 5.77. The van der Waals surface area contributed by atoms with Gasteiger partial charge in [-0.15, -0.1) is 11.3 Å². The lowest BCUT2D eigenvalue weighted by atomic mass is 10.2. The maximum absolute atomic E-state index is 12.2. The summed E-state index contributed by atoms with van der Waals surface area (Å²) in [5.41, 5.74) is 3.01. The molecule has 2 N–H and O–H groups in total. The number of thiophene rings is 1. The van der Waals surface area contributed by atoms with Crippen molar-refractivity contribution in [3.05, 3.63) is 63.0 Å². The Kier molecular flexibility index (Phi) is 4.81. The second-order valence-electron chi connectivity index (χ2n) is 5.22. The lowest BCUT2D eigenvalue weighted by molar-refractivity contribution is -0.384. The Hall–Kier alpha value is -3.46. The van der Waals surface area contributed by atoms with Gasteiger partial charge in [-0.2, -0.15) is 5.10 Å². The van der Waals surface area contributed by atoms with Crippen molar-refractivity contribution >= 4 is 39.2 Å². The number of fused-ring (bicyclic) bond motifs is 1. The molecule has 0 aliphatic carbocycles. The van der Waals surface area contributed by atoms with Crippen LogP contribution in [0.3, 0.4) is 0 Å². The first-order valence-corrected chi connectivity index (χ1v) is 8.18. The average Bonchev–Trinajstić information content (AvgIpc) is 3.06. The van der Waals surface area contributed by atoms with Crippen molar-refractivity contribution in [3.63, 3.8) is 0 Å². The van der Waals surface area contributed by atoms with E-state index >= 15 is 0 Å². The minimum absolute atomic E-state index is 0.00746. The van der Waals surface area contributed by atoms with Gasteiger partial charge in [0.15, 0.2) is 11.5 Å². The second kappa shape index (κ2) is 7.19. The van der Waals surface area contributed by atoms with Gasteiger partial charge in [0.2, 0.25) is 0 Å². The molecule has 1 amide bonds. The van der Waals surface area contributed by atoms with Crippen LogP contribution in [0.25, 0.3) is 10.1 Å². The van der Waals surface area contributed by atoms with E-state index in [2.05, 4.69) is 10.5 Å². The Morgan fingerprint density at radius 2 is 2.12 bits per heavy atom. The van der Waals surface area contributed by atoms with E-state index in [4.69, 9.17) is 4.74 Å². The number of nitro benzene ring substituents is 1. The average molecular weight is 371 g/mol. The molecule has 3 rings (SSSR count). The first-order valence-electron chi connectivity index (χ1n) is 7.36. The number of methoxy groups -OCH3 is 1. The number of aromatic hydroxyl groups is 1. The molecule has 0 atom stereocenters. The van der Waals surface area contributed by atoms with Crippen molar-refractivity contribution in [2.45, 2.75) is 0 Å². The number of ether oxygens (including phenoxy) is 1. The third-order valence-electron chi connectivity index (χ3n) is 3.52. The molecule has 0 radical (unpaired) electrons. The first-order chi connectivity index (χ1) is 12.5. The SMILES string of the molecule is COc1cc(C=NNC(=O)c2cc3cc([N+](=O)[O-])ccc3s2)ccc1O. The fraction of sp³-hybridized carbons (Fsp3) is 0.0588. The van der Waals surface area contributed by atoms with Crippen LogP contribution in [0.2, 0.25) is 0 Å². The normalized spacial score (nSPS) is 11.0. The molecule has 8 nitrogen and oxygen atoms in total. The van der Waals surface area contributed by atoms with Crippen molar-refractivity contribution in [3.8, 4) is 11.5 Å². The van der Waals surface area contributed by atoms with Crippen LogP contribution in [0, 0.1) is 10.1 Å². The standard InChI is InChI=1S/C17H13N3O5S/c1-25-14-6-10(2-4-13(14)21)9-18-19-17(22)16-8-11-7-12(20(23)24)3-5-15(11)26-16/h2-9,21H,1H3,(H,19,22). The predicted octanol–water partition coefficient (Wildman–Crippen LogP) is 3.29. The van der Waals surface area contributed by atoms with E-state index in [1.807, 2.05) is 0 Å². The zero-order valence-corrected chi connectivity index (χ0v) is 14.3. The number of hydrogen-bond acceptors (Lipinski definition) is 7. The number of nitrogens with one attached hydrogen (secondary N) is 1. The molecule has 2 aromatic carbocycles. The highest BCUT2D eigenvalue weighted by Crippen LogP contribution is 2.29. The molecule has 0 unspecified atom stereocenters. The third-order valence-corrected chi connectivity index (χ3v) is 4.63. The van der Waals surface area contributed by atoms with Crippen molar-refractivity contribution in [2.24, 2.45) is 5.10 Å². The molecule has 0 saturated carbocycles. The second-order valence-corrected chi connectivity index (χ2v) is 6.30. The number of benzene rings is 2. The highest BCUT2D eigenvalue weighted by molar-refractivity contribution is 7.20. The number of carbonyl (C=O) groups is 1. The molecule has 0 spiro atoms. The van der Waals surface area contributed by atoms with Crippen LogP contribution in [-0.2, 0) is 0 Å². The van der Waals surface area contributed by atoms with Gasteiger partial charge < -0.3 is 9.84 Å². The third kappa shape index (κ3) is 3.62. The number of non-ortho nitro benzene ring substituents is 1. The lowest BCUT2D eigenvalue weighted by Crippen LogP contribution is -2.16. The summed E-state index contributed by atoms with van der Waals surface area (Å²) >= 11 is 1.22. The van der Waals surface area contributed by atoms with Gasteiger partial charge in [-0.1, -0.05) is 0 Å². The van der Waals surface area contributed by atoms with Crippen LogP contribution in [0.15, 0.2) is 47.6 Å². The van der Waals surface area contributed by atoms with Gasteiger partial charge in [0.1, 0.15) is 0 Å². The molecule has 0 aliphatic heterocycles. The largest absolute Gasteiger partial charge is 0.504 e. The summed E-state index contributed by atoms with van der Waals surface area (Å²) in [5, 5.41) is 24.9. The van der Waals surface area contributed by atoms with E-state index < -0.39 is 10.8 Å². The number of nitrogens with zero attached hydrogens (tertiary/aromatic N) is 2. The predicted molar refractivity (Wildman–Crippen MR) is 98.2 cm³/mol. The molecule has 1 heterocycles. The van der Waals surface area contributed by atoms with E-state index in [1.54, 1.807) is 24.3 Å². The fourth-order valence-corrected chi connectivity index (χ4v) is 3.18. The van der Waals surface area contributed by atoms with Crippen molar-refractivity contribution in [2.75, 3.05) is 7.11 Å². The Bertz CT molecular complexity index is 1030. The number of phenols is 1. The number of phenolic OH excluding ortho intramolecular Hbond substituents is 1. The Morgan fingerprint density at radius 1 is 1.31 bits per heavy atom. The number of hydrazone groups is 1. The monoisotopic (exact) mass is 371 g/mol. The quantitative estimate of drug-likeness (QED) is 0.406. The van der Waals surface area contributed by atoms with Gasteiger partial charge in [-0.25, -0.2) is 5.43 Å². The molecule has 0 bridgehead atoms. The van der Waals surface area contributed by atoms with Gasteiger partial charge >= 0.3 is 0 Å². The highest BCUT2D eigenvalue weighted by Gasteiger charge is 2.13. The lowest BCUT2D eigenvalue weighted by Gasteiger charge is -2.03. The number of rotatable bonds is 5. The van der Waals surface area contributed by atoms with Gasteiger partial charge in [0.25, 0.3) is 11.6 Å². The summed E-state index contributed by atoms with van der Waals surface area (Å²) in [6.07, 6.45) is 1.41.